The van der Waals surface area contributed by atoms with Crippen LogP contribution in [-0.2, 0) is 10.0 Å². The second-order valence-electron chi connectivity index (χ2n) is 5.92. The van der Waals surface area contributed by atoms with Crippen molar-refractivity contribution in [3.8, 4) is 0 Å². The number of anilines is 1. The first-order chi connectivity index (χ1) is 12.5. The zero-order valence-electron chi connectivity index (χ0n) is 13.8. The number of fused-ring (bicyclic) bond motifs is 1. The van der Waals surface area contributed by atoms with Crippen LogP contribution in [0.2, 0.25) is 0 Å². The molecule has 2 aromatic heterocycles. The van der Waals surface area contributed by atoms with Crippen molar-refractivity contribution in [2.45, 2.75) is 4.90 Å². The smallest absolute Gasteiger partial charge is 0.243 e. The van der Waals surface area contributed by atoms with Crippen molar-refractivity contribution in [1.29, 1.82) is 0 Å². The molecule has 9 heteroatoms. The molecule has 4 rings (SSSR count). The van der Waals surface area contributed by atoms with E-state index in [0.29, 0.717) is 37.3 Å². The molecule has 3 heterocycles. The van der Waals surface area contributed by atoms with Crippen molar-refractivity contribution in [2.24, 2.45) is 0 Å². The molecule has 0 N–H and O–H groups in total. The van der Waals surface area contributed by atoms with E-state index >= 15 is 0 Å². The third-order valence-corrected chi connectivity index (χ3v) is 6.21. The minimum Gasteiger partial charge on any atom is -0.354 e. The van der Waals surface area contributed by atoms with Gasteiger partial charge in [-0.25, -0.2) is 22.8 Å². The van der Waals surface area contributed by atoms with E-state index in [2.05, 4.69) is 15.0 Å². The summed E-state index contributed by atoms with van der Waals surface area (Å²) in [5.41, 5.74) is 1.27. The maximum atomic E-state index is 13.4. The van der Waals surface area contributed by atoms with Crippen molar-refractivity contribution in [3.05, 3.63) is 54.6 Å². The van der Waals surface area contributed by atoms with E-state index in [4.69, 9.17) is 0 Å². The first kappa shape index (κ1) is 16.8. The van der Waals surface area contributed by atoms with Crippen LogP contribution < -0.4 is 4.90 Å². The van der Waals surface area contributed by atoms with Crippen molar-refractivity contribution in [3.63, 3.8) is 0 Å². The summed E-state index contributed by atoms with van der Waals surface area (Å²) in [5, 5.41) is 0. The van der Waals surface area contributed by atoms with Crippen molar-refractivity contribution >= 4 is 27.0 Å². The average Bonchev–Trinajstić information content (AvgIpc) is 2.68. The predicted molar refractivity (Wildman–Crippen MR) is 94.7 cm³/mol. The van der Waals surface area contributed by atoms with Gasteiger partial charge in [0.15, 0.2) is 5.65 Å². The Morgan fingerprint density at radius 1 is 0.962 bits per heavy atom. The van der Waals surface area contributed by atoms with E-state index in [0.717, 1.165) is 11.9 Å². The molecule has 0 spiro atoms. The Morgan fingerprint density at radius 3 is 2.50 bits per heavy atom. The highest BCUT2D eigenvalue weighted by Crippen LogP contribution is 2.21. The summed E-state index contributed by atoms with van der Waals surface area (Å²) in [5.74, 6) is 0.173. The zero-order chi connectivity index (χ0) is 18.1. The number of rotatable bonds is 3. The molecule has 1 aliphatic rings. The van der Waals surface area contributed by atoms with Gasteiger partial charge in [-0.05, 0) is 30.3 Å². The summed E-state index contributed by atoms with van der Waals surface area (Å²) in [6, 6.07) is 8.79. The summed E-state index contributed by atoms with van der Waals surface area (Å²) in [6.07, 6.45) is 3.20. The van der Waals surface area contributed by atoms with E-state index in [9.17, 15) is 12.8 Å². The number of hydrogen-bond acceptors (Lipinski definition) is 6. The van der Waals surface area contributed by atoms with Crippen LogP contribution in [0.25, 0.3) is 11.2 Å². The standard InChI is InChI=1S/C17H16FN5O2S/c18-13-2-1-3-14(12-13)26(24,25)23-10-8-22(9-11-23)16-5-4-15-17(21-16)20-7-6-19-15/h1-7,12H,8-11H2. The molecule has 1 saturated heterocycles. The quantitative estimate of drug-likeness (QED) is 0.695. The molecule has 0 saturated carbocycles. The number of sulfonamides is 1. The van der Waals surface area contributed by atoms with Crippen molar-refractivity contribution in [1.82, 2.24) is 19.3 Å². The number of piperazine rings is 1. The van der Waals surface area contributed by atoms with E-state index in [1.165, 1.54) is 22.5 Å². The molecule has 1 aliphatic heterocycles. The fraction of sp³-hybridized carbons (Fsp3) is 0.235. The molecule has 0 unspecified atom stereocenters. The van der Waals surface area contributed by atoms with E-state index in [1.54, 1.807) is 12.4 Å². The predicted octanol–water partition coefficient (Wildman–Crippen LogP) is 1.67. The molecule has 134 valence electrons. The molecule has 0 bridgehead atoms. The molecule has 1 fully saturated rings. The molecule has 26 heavy (non-hydrogen) atoms. The van der Waals surface area contributed by atoms with E-state index in [1.807, 2.05) is 17.0 Å². The lowest BCUT2D eigenvalue weighted by Gasteiger charge is -2.34. The van der Waals surface area contributed by atoms with Gasteiger partial charge in [-0.1, -0.05) is 6.07 Å². The van der Waals surface area contributed by atoms with E-state index in [-0.39, 0.29) is 4.90 Å². The van der Waals surface area contributed by atoms with Crippen LogP contribution in [0, 0.1) is 5.82 Å². The Morgan fingerprint density at radius 2 is 1.73 bits per heavy atom. The number of halogens is 1. The minimum absolute atomic E-state index is 0.0231. The van der Waals surface area contributed by atoms with Crippen molar-refractivity contribution in [2.75, 3.05) is 31.1 Å². The van der Waals surface area contributed by atoms with Gasteiger partial charge in [0.2, 0.25) is 10.0 Å². The van der Waals surface area contributed by atoms with Gasteiger partial charge in [0.1, 0.15) is 17.2 Å². The lowest BCUT2D eigenvalue weighted by Crippen LogP contribution is -2.48. The summed E-state index contributed by atoms with van der Waals surface area (Å²) in [4.78, 5) is 14.9. The van der Waals surface area contributed by atoms with Gasteiger partial charge in [-0.2, -0.15) is 4.31 Å². The topological polar surface area (TPSA) is 79.3 Å². The number of nitrogens with zero attached hydrogens (tertiary/aromatic N) is 5. The highest BCUT2D eigenvalue weighted by atomic mass is 32.2. The van der Waals surface area contributed by atoms with Gasteiger partial charge in [-0.15, -0.1) is 0 Å². The van der Waals surface area contributed by atoms with Gasteiger partial charge in [0.25, 0.3) is 0 Å². The van der Waals surface area contributed by atoms with Crippen molar-refractivity contribution < 1.29 is 12.8 Å². The minimum atomic E-state index is -3.70. The van der Waals surface area contributed by atoms with Crippen LogP contribution >= 0.6 is 0 Å². The first-order valence-electron chi connectivity index (χ1n) is 8.12. The molecule has 0 amide bonds. The second kappa shape index (κ2) is 6.58. The fourth-order valence-electron chi connectivity index (χ4n) is 2.95. The number of aromatic nitrogens is 3. The zero-order valence-corrected chi connectivity index (χ0v) is 14.6. The van der Waals surface area contributed by atoms with Crippen LogP contribution in [0.5, 0.6) is 0 Å². The molecule has 1 aromatic carbocycles. The van der Waals surface area contributed by atoms with Gasteiger partial charge in [0.05, 0.1) is 4.90 Å². The monoisotopic (exact) mass is 373 g/mol. The summed E-state index contributed by atoms with van der Waals surface area (Å²) in [7, 11) is -3.70. The van der Waals surface area contributed by atoms with Crippen LogP contribution in [0.4, 0.5) is 10.2 Å². The highest BCUT2D eigenvalue weighted by molar-refractivity contribution is 7.89. The molecular formula is C17H16FN5O2S. The van der Waals surface area contributed by atoms with Crippen LogP contribution in [0.15, 0.2) is 53.7 Å². The first-order valence-corrected chi connectivity index (χ1v) is 9.56. The molecule has 3 aromatic rings. The SMILES string of the molecule is O=S(=O)(c1cccc(F)c1)N1CCN(c2ccc3nccnc3n2)CC1. The summed E-state index contributed by atoms with van der Waals surface area (Å²) >= 11 is 0. The largest absolute Gasteiger partial charge is 0.354 e. The fourth-order valence-corrected chi connectivity index (χ4v) is 4.41. The van der Waals surface area contributed by atoms with Crippen LogP contribution in [0.1, 0.15) is 0 Å². The Balaban J connectivity index is 1.51. The molecule has 0 radical (unpaired) electrons. The third kappa shape index (κ3) is 3.11. The van der Waals surface area contributed by atoms with Crippen LogP contribution in [-0.4, -0.2) is 53.9 Å². The molecular weight excluding hydrogens is 357 g/mol. The Kier molecular flexibility index (Phi) is 4.25. The highest BCUT2D eigenvalue weighted by Gasteiger charge is 2.29. The number of benzene rings is 1. The van der Waals surface area contributed by atoms with Gasteiger partial charge < -0.3 is 4.90 Å². The third-order valence-electron chi connectivity index (χ3n) is 4.31. The molecule has 0 aliphatic carbocycles. The second-order valence-corrected chi connectivity index (χ2v) is 7.85. The Labute approximate surface area is 150 Å². The van der Waals surface area contributed by atoms with Gasteiger partial charge in [0, 0.05) is 38.6 Å². The lowest BCUT2D eigenvalue weighted by molar-refractivity contribution is 0.383. The average molecular weight is 373 g/mol. The van der Waals surface area contributed by atoms with Gasteiger partial charge >= 0.3 is 0 Å². The Hall–Kier alpha value is -2.65. The normalized spacial score (nSPS) is 16.1. The Bertz CT molecular complexity index is 1050. The number of pyridine rings is 1. The van der Waals surface area contributed by atoms with E-state index < -0.39 is 15.8 Å². The van der Waals surface area contributed by atoms with Crippen LogP contribution in [0.3, 0.4) is 0 Å². The summed E-state index contributed by atoms with van der Waals surface area (Å²) < 4.78 is 40.1. The maximum absolute atomic E-state index is 13.4. The van der Waals surface area contributed by atoms with Gasteiger partial charge in [-0.3, -0.25) is 4.98 Å². The lowest BCUT2D eigenvalue weighted by atomic mass is 10.3. The number of hydrogen-bond donors (Lipinski definition) is 0. The maximum Gasteiger partial charge on any atom is 0.243 e. The summed E-state index contributed by atoms with van der Waals surface area (Å²) in [6.45, 7) is 1.60. The molecule has 7 nitrogen and oxygen atoms in total. The molecule has 0 atom stereocenters.